The van der Waals surface area contributed by atoms with E-state index in [0.29, 0.717) is 37.0 Å². The molecule has 2 aromatic carbocycles. The highest BCUT2D eigenvalue weighted by atomic mass is 79.9. The summed E-state index contributed by atoms with van der Waals surface area (Å²) in [5, 5.41) is 12.5. The molecule has 0 aromatic heterocycles. The number of aryl methyl sites for hydroxylation is 1. The van der Waals surface area contributed by atoms with Crippen LogP contribution in [0, 0.1) is 12.8 Å². The van der Waals surface area contributed by atoms with Gasteiger partial charge in [0.2, 0.25) is 0 Å². The number of carbonyl (C=O) groups is 1. The number of carboxylic acid groups (broad SMARTS) is 1. The van der Waals surface area contributed by atoms with Gasteiger partial charge >= 0.3 is 5.97 Å². The summed E-state index contributed by atoms with van der Waals surface area (Å²) >= 11 is 3.56. The molecule has 0 aliphatic carbocycles. The van der Waals surface area contributed by atoms with Crippen molar-refractivity contribution in [2.24, 2.45) is 5.92 Å². The van der Waals surface area contributed by atoms with E-state index in [4.69, 9.17) is 9.47 Å². The molecule has 0 spiro atoms. The van der Waals surface area contributed by atoms with Crippen LogP contribution in [0.25, 0.3) is 0 Å². The lowest BCUT2D eigenvalue weighted by Crippen LogP contribution is -2.37. The Bertz CT molecular complexity index is 790. The first-order chi connectivity index (χ1) is 13.3. The number of carboxylic acids is 1. The maximum absolute atomic E-state index is 11.4. The second-order valence-electron chi connectivity index (χ2n) is 7.27. The molecule has 1 atom stereocenters. The number of hydrogen-bond acceptors (Lipinski definition) is 4. The van der Waals surface area contributed by atoms with Crippen molar-refractivity contribution in [2.45, 2.75) is 46.4 Å². The smallest absolute Gasteiger partial charge is 0.320 e. The molecule has 0 amide bonds. The van der Waals surface area contributed by atoms with Crippen LogP contribution in [0.5, 0.6) is 11.5 Å². The Labute approximate surface area is 175 Å². The monoisotopic (exact) mass is 449 g/mol. The summed E-state index contributed by atoms with van der Waals surface area (Å²) in [6.07, 6.45) is 0.571. The standard InChI is InChI=1S/C22H28BrNO4/c1-14(2)9-19(22(25)26)24-12-17-10-20(27-4)21(11-18(17)23)28-13-16-7-5-15(3)6-8-16/h5-8,10-11,14,19,24H,9,12-13H2,1-4H3,(H,25,26). The lowest BCUT2D eigenvalue weighted by molar-refractivity contribution is -0.140. The van der Waals surface area contributed by atoms with Crippen molar-refractivity contribution in [1.29, 1.82) is 0 Å². The van der Waals surface area contributed by atoms with Crippen molar-refractivity contribution < 1.29 is 19.4 Å². The van der Waals surface area contributed by atoms with Gasteiger partial charge in [-0.05, 0) is 42.5 Å². The summed E-state index contributed by atoms with van der Waals surface area (Å²) in [6.45, 7) is 6.93. The third kappa shape index (κ3) is 6.53. The van der Waals surface area contributed by atoms with Crippen molar-refractivity contribution >= 4 is 21.9 Å². The second kappa shape index (κ2) is 10.5. The molecule has 0 aliphatic rings. The average Bonchev–Trinajstić information content (AvgIpc) is 2.65. The predicted molar refractivity (Wildman–Crippen MR) is 114 cm³/mol. The Kier molecular flexibility index (Phi) is 8.33. The van der Waals surface area contributed by atoms with Crippen LogP contribution < -0.4 is 14.8 Å². The van der Waals surface area contributed by atoms with Gasteiger partial charge in [0, 0.05) is 11.0 Å². The van der Waals surface area contributed by atoms with Crippen LogP contribution in [0.2, 0.25) is 0 Å². The normalized spacial score (nSPS) is 12.1. The highest BCUT2D eigenvalue weighted by molar-refractivity contribution is 9.10. The molecule has 2 aromatic rings. The molecule has 0 radical (unpaired) electrons. The van der Waals surface area contributed by atoms with E-state index in [2.05, 4.69) is 33.4 Å². The van der Waals surface area contributed by atoms with E-state index in [-0.39, 0.29) is 0 Å². The Morgan fingerprint density at radius 2 is 1.86 bits per heavy atom. The molecule has 0 saturated heterocycles. The number of aliphatic carboxylic acids is 1. The van der Waals surface area contributed by atoms with Crippen molar-refractivity contribution in [3.63, 3.8) is 0 Å². The molecule has 0 bridgehead atoms. The minimum Gasteiger partial charge on any atom is -0.493 e. The van der Waals surface area contributed by atoms with Crippen LogP contribution in [-0.2, 0) is 17.9 Å². The summed E-state index contributed by atoms with van der Waals surface area (Å²) in [4.78, 5) is 11.4. The third-order valence-electron chi connectivity index (χ3n) is 4.39. The fraction of sp³-hybridized carbons (Fsp3) is 0.409. The number of methoxy groups -OCH3 is 1. The van der Waals surface area contributed by atoms with E-state index in [1.165, 1.54) is 5.56 Å². The number of halogens is 1. The zero-order chi connectivity index (χ0) is 20.7. The van der Waals surface area contributed by atoms with Crippen LogP contribution in [0.4, 0.5) is 0 Å². The zero-order valence-electron chi connectivity index (χ0n) is 16.8. The Hall–Kier alpha value is -2.05. The predicted octanol–water partition coefficient (Wildman–Crippen LogP) is 4.93. The summed E-state index contributed by atoms with van der Waals surface area (Å²) in [5.74, 6) is 0.706. The lowest BCUT2D eigenvalue weighted by atomic mass is 10.0. The molecule has 1 unspecified atom stereocenters. The van der Waals surface area contributed by atoms with Crippen molar-refractivity contribution in [1.82, 2.24) is 5.32 Å². The lowest BCUT2D eigenvalue weighted by Gasteiger charge is -2.18. The number of benzene rings is 2. The topological polar surface area (TPSA) is 67.8 Å². The van der Waals surface area contributed by atoms with Gasteiger partial charge in [-0.1, -0.05) is 59.6 Å². The number of ether oxygens (including phenoxy) is 2. The quantitative estimate of drug-likeness (QED) is 0.537. The number of hydrogen-bond donors (Lipinski definition) is 2. The van der Waals surface area contributed by atoms with Gasteiger partial charge in [-0.25, -0.2) is 0 Å². The van der Waals surface area contributed by atoms with E-state index in [9.17, 15) is 9.90 Å². The Morgan fingerprint density at radius 1 is 1.18 bits per heavy atom. The molecule has 0 heterocycles. The Morgan fingerprint density at radius 3 is 2.43 bits per heavy atom. The van der Waals surface area contributed by atoms with Gasteiger partial charge in [-0.2, -0.15) is 0 Å². The molecular formula is C22H28BrNO4. The molecule has 28 heavy (non-hydrogen) atoms. The highest BCUT2D eigenvalue weighted by Crippen LogP contribution is 2.34. The number of nitrogens with one attached hydrogen (secondary N) is 1. The first-order valence-corrected chi connectivity index (χ1v) is 10.1. The molecule has 0 saturated carbocycles. The van der Waals surface area contributed by atoms with Crippen molar-refractivity contribution in [3.05, 3.63) is 57.6 Å². The zero-order valence-corrected chi connectivity index (χ0v) is 18.4. The largest absolute Gasteiger partial charge is 0.493 e. The fourth-order valence-corrected chi connectivity index (χ4v) is 3.27. The minimum atomic E-state index is -0.838. The molecule has 152 valence electrons. The highest BCUT2D eigenvalue weighted by Gasteiger charge is 2.19. The molecular weight excluding hydrogens is 422 g/mol. The average molecular weight is 450 g/mol. The van der Waals surface area contributed by atoms with Gasteiger partial charge in [0.15, 0.2) is 11.5 Å². The van der Waals surface area contributed by atoms with E-state index in [1.54, 1.807) is 7.11 Å². The van der Waals surface area contributed by atoms with E-state index in [1.807, 2.05) is 45.0 Å². The SMILES string of the molecule is COc1cc(CNC(CC(C)C)C(=O)O)c(Br)cc1OCc1ccc(C)cc1. The molecule has 5 nitrogen and oxygen atoms in total. The maximum atomic E-state index is 11.4. The van der Waals surface area contributed by atoms with Gasteiger partial charge in [-0.15, -0.1) is 0 Å². The van der Waals surface area contributed by atoms with Crippen LogP contribution >= 0.6 is 15.9 Å². The molecule has 0 aliphatic heterocycles. The summed E-state index contributed by atoms with van der Waals surface area (Å²) in [7, 11) is 1.60. The Balaban J connectivity index is 2.09. The van der Waals surface area contributed by atoms with E-state index >= 15 is 0 Å². The maximum Gasteiger partial charge on any atom is 0.320 e. The molecule has 2 rings (SSSR count). The first-order valence-electron chi connectivity index (χ1n) is 9.31. The minimum absolute atomic E-state index is 0.295. The third-order valence-corrected chi connectivity index (χ3v) is 5.13. The van der Waals surface area contributed by atoms with E-state index in [0.717, 1.165) is 15.6 Å². The summed E-state index contributed by atoms with van der Waals surface area (Å²) < 4.78 is 12.3. The van der Waals surface area contributed by atoms with Gasteiger partial charge < -0.3 is 19.9 Å². The van der Waals surface area contributed by atoms with Crippen LogP contribution in [-0.4, -0.2) is 24.2 Å². The fourth-order valence-electron chi connectivity index (χ4n) is 2.81. The van der Waals surface area contributed by atoms with Gasteiger partial charge in [0.25, 0.3) is 0 Å². The van der Waals surface area contributed by atoms with Gasteiger partial charge in [-0.3, -0.25) is 4.79 Å². The van der Waals surface area contributed by atoms with Crippen LogP contribution in [0.15, 0.2) is 40.9 Å². The van der Waals surface area contributed by atoms with Gasteiger partial charge in [0.1, 0.15) is 12.6 Å². The van der Waals surface area contributed by atoms with Crippen LogP contribution in [0.3, 0.4) is 0 Å². The molecule has 2 N–H and O–H groups in total. The molecule has 0 fully saturated rings. The van der Waals surface area contributed by atoms with Crippen molar-refractivity contribution in [3.8, 4) is 11.5 Å². The number of rotatable bonds is 10. The van der Waals surface area contributed by atoms with Crippen molar-refractivity contribution in [2.75, 3.05) is 7.11 Å². The molecule has 6 heteroatoms. The van der Waals surface area contributed by atoms with E-state index < -0.39 is 12.0 Å². The summed E-state index contributed by atoms with van der Waals surface area (Å²) in [6, 6.07) is 11.3. The summed E-state index contributed by atoms with van der Waals surface area (Å²) in [5.41, 5.74) is 3.19. The van der Waals surface area contributed by atoms with Crippen LogP contribution in [0.1, 0.15) is 37.0 Å². The second-order valence-corrected chi connectivity index (χ2v) is 8.12. The first kappa shape index (κ1) is 22.2. The van der Waals surface area contributed by atoms with Gasteiger partial charge in [0.05, 0.1) is 7.11 Å².